The number of imide groups is 1. The molecule has 3 aromatic carbocycles. The number of amides is 2. The van der Waals surface area contributed by atoms with Gasteiger partial charge in [0.15, 0.2) is 6.04 Å². The van der Waals surface area contributed by atoms with Crippen molar-refractivity contribution in [1.82, 2.24) is 9.21 Å². The number of thiophene rings is 1. The van der Waals surface area contributed by atoms with Gasteiger partial charge in [-0.05, 0) is 53.3 Å². The van der Waals surface area contributed by atoms with Crippen LogP contribution in [0.4, 0.5) is 23.7 Å². The molecule has 1 heterocycles. The fourth-order valence-corrected chi connectivity index (χ4v) is 8.97. The van der Waals surface area contributed by atoms with Crippen LogP contribution >= 0.6 is 22.9 Å². The van der Waals surface area contributed by atoms with Crippen molar-refractivity contribution in [1.29, 1.82) is 0 Å². The molecule has 0 aliphatic heterocycles. The number of methoxy groups -OCH3 is 1. The molecule has 0 spiro atoms. The van der Waals surface area contributed by atoms with Gasteiger partial charge < -0.3 is 21.3 Å². The monoisotopic (exact) mass is 794 g/mol. The summed E-state index contributed by atoms with van der Waals surface area (Å²) in [6, 6.07) is 17.0. The maximum absolute atomic E-state index is 15.2. The summed E-state index contributed by atoms with van der Waals surface area (Å²) in [5.74, 6) is -2.31. The van der Waals surface area contributed by atoms with Crippen molar-refractivity contribution in [2.24, 2.45) is 11.1 Å². The van der Waals surface area contributed by atoms with Crippen LogP contribution in [0.3, 0.4) is 0 Å². The van der Waals surface area contributed by atoms with Gasteiger partial charge >= 0.3 is 12.3 Å². The molecule has 10 nitrogen and oxygen atoms in total. The Kier molecular flexibility index (Phi) is 13.4. The first kappa shape index (κ1) is 41.8. The number of carbonyl (C=O) groups excluding carboxylic acids is 2. The van der Waals surface area contributed by atoms with E-state index in [9.17, 15) is 23.1 Å². The van der Waals surface area contributed by atoms with Gasteiger partial charge in [-0.1, -0.05) is 93.0 Å². The predicted octanol–water partition coefficient (Wildman–Crippen LogP) is 7.50. The summed E-state index contributed by atoms with van der Waals surface area (Å²) in [5.41, 5.74) is 13.1. The van der Waals surface area contributed by atoms with E-state index < -0.39 is 63.7 Å². The van der Waals surface area contributed by atoms with Crippen molar-refractivity contribution >= 4 is 50.6 Å². The lowest BCUT2D eigenvalue weighted by molar-refractivity contribution is -0.186. The maximum atomic E-state index is 15.2. The number of rotatable bonds is 13. The normalized spacial score (nSPS) is 14.2. The van der Waals surface area contributed by atoms with Crippen LogP contribution in [0.25, 0.3) is 0 Å². The second kappa shape index (κ2) is 17.0. The summed E-state index contributed by atoms with van der Waals surface area (Å²) in [6.07, 6.45) is -6.54. The molecule has 1 aromatic heterocycles. The molecule has 16 heteroatoms. The topological polar surface area (TPSA) is 156 Å². The van der Waals surface area contributed by atoms with Gasteiger partial charge in [0.05, 0.1) is 41.4 Å². The van der Waals surface area contributed by atoms with Crippen LogP contribution in [0.2, 0.25) is 5.02 Å². The number of alkyl halides is 3. The molecule has 3 atom stereocenters. The molecule has 286 valence electrons. The number of hydrogen-bond acceptors (Lipinski definition) is 9. The van der Waals surface area contributed by atoms with Crippen molar-refractivity contribution in [2.75, 3.05) is 26.0 Å². The number of carbonyl (C=O) groups is 2. The highest BCUT2D eigenvalue weighted by Gasteiger charge is 2.52. The zero-order valence-corrected chi connectivity index (χ0v) is 31.8. The minimum Gasteiger partial charge on any atom is -0.452 e. The third-order valence-corrected chi connectivity index (χ3v) is 12.0. The summed E-state index contributed by atoms with van der Waals surface area (Å²) in [6.45, 7) is 4.70. The highest BCUT2D eigenvalue weighted by atomic mass is 35.5. The second-order valence-corrected chi connectivity index (χ2v) is 16.9. The number of sulfonamides is 1. The number of aliphatic hydroxyl groups is 1. The zero-order valence-electron chi connectivity index (χ0n) is 29.5. The molecular formula is C37H42ClF3N4O6S2. The van der Waals surface area contributed by atoms with Crippen molar-refractivity contribution < 1.29 is 41.0 Å². The molecule has 4 aromatic rings. The van der Waals surface area contributed by atoms with E-state index >= 15 is 13.2 Å². The number of halogens is 4. The van der Waals surface area contributed by atoms with E-state index in [4.69, 9.17) is 27.8 Å². The number of nitrogen functional groups attached to an aromatic ring is 1. The van der Waals surface area contributed by atoms with Crippen molar-refractivity contribution in [3.05, 3.63) is 117 Å². The summed E-state index contributed by atoms with van der Waals surface area (Å²) in [7, 11) is -3.58. The number of anilines is 1. The Balaban J connectivity index is 1.82. The van der Waals surface area contributed by atoms with Crippen LogP contribution in [0.5, 0.6) is 0 Å². The third-order valence-electron chi connectivity index (χ3n) is 8.57. The highest BCUT2D eigenvalue weighted by molar-refractivity contribution is 7.89. The quantitative estimate of drug-likeness (QED) is 0.118. The van der Waals surface area contributed by atoms with E-state index in [2.05, 4.69) is 0 Å². The second-order valence-electron chi connectivity index (χ2n) is 13.5. The molecule has 0 aliphatic carbocycles. The Morgan fingerprint density at radius 1 is 0.925 bits per heavy atom. The molecule has 0 unspecified atom stereocenters. The molecule has 53 heavy (non-hydrogen) atoms. The number of aliphatic hydroxyl groups excluding tert-OH is 1. The fraction of sp³-hybridized carbons (Fsp3) is 0.351. The Bertz CT molecular complexity index is 1940. The van der Waals surface area contributed by atoms with Crippen LogP contribution in [0, 0.1) is 5.41 Å². The van der Waals surface area contributed by atoms with Gasteiger partial charge in [-0.25, -0.2) is 18.1 Å². The molecule has 0 aliphatic rings. The number of hydrogen-bond donors (Lipinski definition) is 3. The summed E-state index contributed by atoms with van der Waals surface area (Å²) in [5, 5.41) is 10.6. The molecule has 2 amide bonds. The largest absolute Gasteiger partial charge is 0.452 e. The molecule has 0 saturated carbocycles. The van der Waals surface area contributed by atoms with Gasteiger partial charge in [0.25, 0.3) is 5.91 Å². The standard InChI is InChI=1S/C37H42ClF3N4O6S2/c1-36(2,3)19-20-44(53(49,50)25-15-16-27(42)26(38)21-25)28(22-46)29-17-18-30(52-29)33(37(39,40)41)45(35(48)51-4)34(47)32(43)31(23-11-7-5-8-12-23)24-13-9-6-10-14-24/h5-18,21,28,31-33,46H,19-20,22,42-43H2,1-4H3/t28-,32+,33-/m1/s1. The van der Waals surface area contributed by atoms with Gasteiger partial charge in [-0.2, -0.15) is 17.5 Å². The van der Waals surface area contributed by atoms with Crippen LogP contribution in [0.1, 0.15) is 66.1 Å². The Labute approximate surface area is 316 Å². The van der Waals surface area contributed by atoms with E-state index in [0.717, 1.165) is 23.5 Å². The van der Waals surface area contributed by atoms with E-state index in [-0.39, 0.29) is 37.3 Å². The van der Waals surface area contributed by atoms with Crippen molar-refractivity contribution in [2.45, 2.75) is 62.3 Å². The molecule has 4 rings (SSSR count). The molecule has 0 radical (unpaired) electrons. The van der Waals surface area contributed by atoms with E-state index in [1.807, 2.05) is 20.8 Å². The molecule has 0 saturated heterocycles. The highest BCUT2D eigenvalue weighted by Crippen LogP contribution is 2.44. The van der Waals surface area contributed by atoms with E-state index in [1.54, 1.807) is 60.7 Å². The van der Waals surface area contributed by atoms with Crippen molar-refractivity contribution in [3.63, 3.8) is 0 Å². The molecular weight excluding hydrogens is 753 g/mol. The fourth-order valence-electron chi connectivity index (χ4n) is 5.80. The number of nitrogens with two attached hydrogens (primary N) is 2. The zero-order chi connectivity index (χ0) is 39.3. The molecule has 0 fully saturated rings. The number of benzene rings is 3. The average Bonchev–Trinajstić information content (AvgIpc) is 3.58. The minimum absolute atomic E-state index is 0.0174. The van der Waals surface area contributed by atoms with E-state index in [1.165, 1.54) is 18.2 Å². The minimum atomic E-state index is -5.24. The Morgan fingerprint density at radius 2 is 1.47 bits per heavy atom. The summed E-state index contributed by atoms with van der Waals surface area (Å²) >= 11 is 6.64. The molecule has 5 N–H and O–H groups in total. The number of ether oxygens (including phenoxy) is 1. The molecule has 0 bridgehead atoms. The van der Waals surface area contributed by atoms with Gasteiger partial charge in [0.2, 0.25) is 10.0 Å². The van der Waals surface area contributed by atoms with E-state index in [0.29, 0.717) is 28.9 Å². The van der Waals surface area contributed by atoms with Gasteiger partial charge in [-0.3, -0.25) is 4.79 Å². The van der Waals surface area contributed by atoms with Crippen LogP contribution in [0.15, 0.2) is 95.9 Å². The van der Waals surface area contributed by atoms with Gasteiger partial charge in [0.1, 0.15) is 0 Å². The van der Waals surface area contributed by atoms with Gasteiger partial charge in [-0.15, -0.1) is 11.3 Å². The lowest BCUT2D eigenvalue weighted by atomic mass is 9.84. The predicted molar refractivity (Wildman–Crippen MR) is 199 cm³/mol. The number of nitrogens with zero attached hydrogens (tertiary/aromatic N) is 2. The first-order valence-corrected chi connectivity index (χ1v) is 19.1. The lowest BCUT2D eigenvalue weighted by Crippen LogP contribution is -2.53. The van der Waals surface area contributed by atoms with Crippen LogP contribution in [-0.2, 0) is 19.6 Å². The van der Waals surface area contributed by atoms with Crippen LogP contribution in [-0.4, -0.2) is 67.2 Å². The maximum Gasteiger partial charge on any atom is 0.417 e. The van der Waals surface area contributed by atoms with Crippen LogP contribution < -0.4 is 11.5 Å². The third kappa shape index (κ3) is 9.77. The summed E-state index contributed by atoms with van der Waals surface area (Å²) < 4.78 is 79.5. The summed E-state index contributed by atoms with van der Waals surface area (Å²) in [4.78, 5) is 26.6. The SMILES string of the molecule is COC(=O)N(C(=O)[C@@H](N)C(c1ccccc1)c1ccccc1)[C@H](c1ccc([C@@H](CO)N(CCC(C)(C)C)S(=O)(=O)c2ccc(N)c(Cl)c2)s1)C(F)(F)F. The van der Waals surface area contributed by atoms with Crippen molar-refractivity contribution in [3.8, 4) is 0 Å². The lowest BCUT2D eigenvalue weighted by Gasteiger charge is -2.34. The first-order chi connectivity index (χ1) is 24.8. The van der Waals surface area contributed by atoms with Gasteiger partial charge in [0, 0.05) is 22.2 Å². The smallest absolute Gasteiger partial charge is 0.417 e. The Morgan fingerprint density at radius 3 is 1.94 bits per heavy atom. The Hall–Kier alpha value is -3.99. The average molecular weight is 795 g/mol. The first-order valence-electron chi connectivity index (χ1n) is 16.4.